The van der Waals surface area contributed by atoms with Crippen molar-refractivity contribution in [3.8, 4) is 0 Å². The molecular weight excluding hydrogens is 528 g/mol. The van der Waals surface area contributed by atoms with Gasteiger partial charge in [-0.1, -0.05) is 30.3 Å². The summed E-state index contributed by atoms with van der Waals surface area (Å²) < 4.78 is 9.38. The number of carbonyl (C=O) groups excluding carboxylic acids is 2. The first-order valence-corrected chi connectivity index (χ1v) is 14.8. The maximum absolute atomic E-state index is 13.4. The summed E-state index contributed by atoms with van der Waals surface area (Å²) in [6.07, 6.45) is 5.63. The molecule has 2 atom stereocenters. The average molecular weight is 571 g/mol. The number of benzene rings is 2. The summed E-state index contributed by atoms with van der Waals surface area (Å²) in [5.74, 6) is 0.157. The Morgan fingerprint density at radius 2 is 1.93 bits per heavy atom. The summed E-state index contributed by atoms with van der Waals surface area (Å²) in [5, 5.41) is 8.28. The molecule has 9 heteroatoms. The molecule has 0 aliphatic carbocycles. The third-order valence-electron chi connectivity index (χ3n) is 8.26. The van der Waals surface area contributed by atoms with Crippen LogP contribution >= 0.6 is 0 Å². The molecule has 5 rings (SSSR count). The molecule has 1 aliphatic rings. The predicted octanol–water partition coefficient (Wildman–Crippen LogP) is 4.64. The minimum absolute atomic E-state index is 0.117. The van der Waals surface area contributed by atoms with Gasteiger partial charge in [0, 0.05) is 87.3 Å². The maximum atomic E-state index is 13.4. The molecule has 222 valence electrons. The normalized spacial score (nSPS) is 16.1. The molecule has 42 heavy (non-hydrogen) atoms. The summed E-state index contributed by atoms with van der Waals surface area (Å²) in [7, 11) is 3.52. The van der Waals surface area contributed by atoms with E-state index >= 15 is 0 Å². The number of hydrogen-bond donors (Lipinski definition) is 2. The Morgan fingerprint density at radius 3 is 2.67 bits per heavy atom. The second-order valence-corrected chi connectivity index (χ2v) is 11.4. The van der Waals surface area contributed by atoms with Gasteiger partial charge in [-0.3, -0.25) is 14.3 Å². The molecule has 9 nitrogen and oxygen atoms in total. The van der Waals surface area contributed by atoms with Gasteiger partial charge in [0.2, 0.25) is 5.91 Å². The average Bonchev–Trinajstić information content (AvgIpc) is 3.55. The van der Waals surface area contributed by atoms with Crippen LogP contribution in [-0.4, -0.2) is 63.9 Å². The number of aromatic nitrogens is 3. The lowest BCUT2D eigenvalue weighted by Gasteiger charge is -2.34. The van der Waals surface area contributed by atoms with E-state index in [1.165, 1.54) is 22.2 Å². The SMILES string of the molecule is COCCCn1c(C2CCCN(C(=O)CC(N)Cc3ccc(NC(=O)c4ccn(C)n4)cc3)C2)c(C)c2ccccc21. The Hall–Kier alpha value is -3.95. The second-order valence-electron chi connectivity index (χ2n) is 11.4. The number of piperidine rings is 1. The highest BCUT2D eigenvalue weighted by atomic mass is 16.5. The first-order chi connectivity index (χ1) is 20.3. The molecule has 0 saturated carbocycles. The van der Waals surface area contributed by atoms with Crippen molar-refractivity contribution in [2.75, 3.05) is 32.1 Å². The van der Waals surface area contributed by atoms with E-state index in [1.54, 1.807) is 31.1 Å². The Kier molecular flexibility index (Phi) is 9.39. The quantitative estimate of drug-likeness (QED) is 0.256. The van der Waals surface area contributed by atoms with Crippen LogP contribution in [0.15, 0.2) is 60.8 Å². The smallest absolute Gasteiger partial charge is 0.276 e. The van der Waals surface area contributed by atoms with E-state index in [9.17, 15) is 9.59 Å². The van der Waals surface area contributed by atoms with Gasteiger partial charge in [-0.25, -0.2) is 0 Å². The first-order valence-electron chi connectivity index (χ1n) is 14.8. The summed E-state index contributed by atoms with van der Waals surface area (Å²) in [6, 6.07) is 17.6. The number of carbonyl (C=O) groups is 2. The number of likely N-dealkylation sites (tertiary alicyclic amines) is 1. The van der Waals surface area contributed by atoms with Crippen molar-refractivity contribution in [3.63, 3.8) is 0 Å². The van der Waals surface area contributed by atoms with Gasteiger partial charge in [-0.2, -0.15) is 5.10 Å². The lowest BCUT2D eigenvalue weighted by molar-refractivity contribution is -0.132. The number of para-hydroxylation sites is 1. The van der Waals surface area contributed by atoms with Crippen LogP contribution in [0.25, 0.3) is 10.9 Å². The predicted molar refractivity (Wildman–Crippen MR) is 166 cm³/mol. The van der Waals surface area contributed by atoms with Crippen LogP contribution in [0.3, 0.4) is 0 Å². The van der Waals surface area contributed by atoms with Gasteiger partial charge >= 0.3 is 0 Å². The van der Waals surface area contributed by atoms with Crippen molar-refractivity contribution in [1.29, 1.82) is 0 Å². The lowest BCUT2D eigenvalue weighted by Crippen LogP contribution is -2.42. The minimum atomic E-state index is -0.283. The van der Waals surface area contributed by atoms with Gasteiger partial charge < -0.3 is 25.3 Å². The molecule has 1 saturated heterocycles. The second kappa shape index (κ2) is 13.4. The highest BCUT2D eigenvalue weighted by Crippen LogP contribution is 2.36. The van der Waals surface area contributed by atoms with Crippen molar-refractivity contribution in [2.45, 2.75) is 57.5 Å². The maximum Gasteiger partial charge on any atom is 0.276 e. The molecule has 2 unspecified atom stereocenters. The zero-order valence-electron chi connectivity index (χ0n) is 24.9. The molecule has 3 heterocycles. The Morgan fingerprint density at radius 1 is 1.14 bits per heavy atom. The molecule has 2 amide bonds. The lowest BCUT2D eigenvalue weighted by atomic mass is 9.91. The van der Waals surface area contributed by atoms with Crippen LogP contribution in [0.4, 0.5) is 5.69 Å². The Bertz CT molecular complexity index is 1520. The Labute approximate surface area is 247 Å². The fourth-order valence-electron chi connectivity index (χ4n) is 6.24. The van der Waals surface area contributed by atoms with Crippen molar-refractivity contribution in [2.24, 2.45) is 12.8 Å². The number of nitrogens with zero attached hydrogens (tertiary/aromatic N) is 4. The van der Waals surface area contributed by atoms with Crippen molar-refractivity contribution in [3.05, 3.63) is 83.3 Å². The number of fused-ring (bicyclic) bond motifs is 1. The third kappa shape index (κ3) is 6.74. The molecule has 1 aliphatic heterocycles. The molecule has 0 radical (unpaired) electrons. The van der Waals surface area contributed by atoms with Crippen LogP contribution < -0.4 is 11.1 Å². The van der Waals surface area contributed by atoms with Gasteiger partial charge in [0.15, 0.2) is 5.69 Å². The third-order valence-corrected chi connectivity index (χ3v) is 8.26. The number of nitrogens with two attached hydrogens (primary N) is 1. The van der Waals surface area contributed by atoms with E-state index in [1.807, 2.05) is 29.2 Å². The fourth-order valence-corrected chi connectivity index (χ4v) is 6.24. The number of anilines is 1. The molecule has 2 aromatic carbocycles. The van der Waals surface area contributed by atoms with Gasteiger partial charge in [0.25, 0.3) is 5.91 Å². The van der Waals surface area contributed by atoms with Gasteiger partial charge in [-0.05, 0) is 68.0 Å². The molecule has 0 spiro atoms. The van der Waals surface area contributed by atoms with Crippen molar-refractivity contribution >= 4 is 28.4 Å². The van der Waals surface area contributed by atoms with E-state index in [4.69, 9.17) is 10.5 Å². The Balaban J connectivity index is 1.19. The van der Waals surface area contributed by atoms with Crippen molar-refractivity contribution in [1.82, 2.24) is 19.2 Å². The molecule has 3 N–H and O–H groups in total. The molecular formula is C33H42N6O3. The summed E-state index contributed by atoms with van der Waals surface area (Å²) >= 11 is 0. The van der Waals surface area contributed by atoms with Crippen LogP contribution in [0.5, 0.6) is 0 Å². The first kappa shape index (κ1) is 29.5. The van der Waals surface area contributed by atoms with Crippen LogP contribution in [0.2, 0.25) is 0 Å². The van der Waals surface area contributed by atoms with E-state index in [2.05, 4.69) is 46.2 Å². The number of rotatable bonds is 11. The zero-order chi connectivity index (χ0) is 29.6. The minimum Gasteiger partial charge on any atom is -0.385 e. The van der Waals surface area contributed by atoms with Crippen LogP contribution in [-0.2, 0) is 29.5 Å². The van der Waals surface area contributed by atoms with E-state index in [0.717, 1.165) is 51.1 Å². The van der Waals surface area contributed by atoms with E-state index in [-0.39, 0.29) is 17.9 Å². The number of methoxy groups -OCH3 is 1. The number of nitrogens with one attached hydrogen (secondary N) is 1. The standard InChI is InChI=1S/C33H42N6O3/c1-23-28-9-4-5-10-30(28)39(17-7-19-42-3)32(23)25-8-6-16-38(22-25)31(40)21-26(34)20-24-11-13-27(14-12-24)35-33(41)29-15-18-37(2)36-29/h4-5,9-15,18,25-26H,6-8,16-17,19-22,34H2,1-3H3,(H,35,41). The summed E-state index contributed by atoms with van der Waals surface area (Å²) in [4.78, 5) is 27.8. The topological polar surface area (TPSA) is 107 Å². The van der Waals surface area contributed by atoms with E-state index in [0.29, 0.717) is 30.1 Å². The number of hydrogen-bond acceptors (Lipinski definition) is 5. The molecule has 2 aromatic heterocycles. The van der Waals surface area contributed by atoms with Crippen LogP contribution in [0.1, 0.15) is 58.9 Å². The zero-order valence-corrected chi connectivity index (χ0v) is 24.9. The van der Waals surface area contributed by atoms with Crippen LogP contribution in [0, 0.1) is 6.92 Å². The van der Waals surface area contributed by atoms with Crippen molar-refractivity contribution < 1.29 is 14.3 Å². The largest absolute Gasteiger partial charge is 0.385 e. The summed E-state index contributed by atoms with van der Waals surface area (Å²) in [6.45, 7) is 5.34. The number of ether oxygens (including phenoxy) is 1. The highest BCUT2D eigenvalue weighted by Gasteiger charge is 2.29. The molecule has 0 bridgehead atoms. The number of amides is 2. The molecule has 1 fully saturated rings. The van der Waals surface area contributed by atoms with Gasteiger partial charge in [0.1, 0.15) is 0 Å². The van der Waals surface area contributed by atoms with E-state index < -0.39 is 0 Å². The highest BCUT2D eigenvalue weighted by molar-refractivity contribution is 6.02. The summed E-state index contributed by atoms with van der Waals surface area (Å²) in [5.41, 5.74) is 12.5. The van der Waals surface area contributed by atoms with Gasteiger partial charge in [-0.15, -0.1) is 0 Å². The fraction of sp³-hybridized carbons (Fsp3) is 0.424. The monoisotopic (exact) mass is 570 g/mol. The number of aryl methyl sites for hydroxylation is 3. The molecule has 4 aromatic rings. The van der Waals surface area contributed by atoms with Gasteiger partial charge in [0.05, 0.1) is 0 Å².